The van der Waals surface area contributed by atoms with Crippen LogP contribution in [0.25, 0.3) is 0 Å². The molecule has 0 radical (unpaired) electrons. The number of aliphatic hydroxyl groups is 1. The molecule has 114 valence electrons. The summed E-state index contributed by atoms with van der Waals surface area (Å²) in [7, 11) is 0. The number of carbonyl (C=O) groups excluding carboxylic acids is 1. The summed E-state index contributed by atoms with van der Waals surface area (Å²) in [6.07, 6.45) is 2.26. The summed E-state index contributed by atoms with van der Waals surface area (Å²) in [5.74, 6) is -2.87. The molecule has 21 heavy (non-hydrogen) atoms. The van der Waals surface area contributed by atoms with Crippen molar-refractivity contribution in [3.63, 3.8) is 0 Å². The Morgan fingerprint density at radius 3 is 2.33 bits per heavy atom. The number of aliphatic hydroxyl groups excluding tert-OH is 1. The van der Waals surface area contributed by atoms with Crippen molar-refractivity contribution in [2.24, 2.45) is 5.92 Å². The summed E-state index contributed by atoms with van der Waals surface area (Å²) in [5, 5.41) is 20.3. The molecule has 1 atom stereocenters. The van der Waals surface area contributed by atoms with Gasteiger partial charge in [-0.25, -0.2) is 4.79 Å². The zero-order valence-corrected chi connectivity index (χ0v) is 12.2. The van der Waals surface area contributed by atoms with Crippen LogP contribution in [0.15, 0.2) is 42.2 Å². The number of rotatable bonds is 7. The third-order valence-corrected chi connectivity index (χ3v) is 3.21. The largest absolute Gasteiger partial charge is 0.502 e. The normalized spacial score (nSPS) is 13.0. The second-order valence-electron chi connectivity index (χ2n) is 5.22. The Labute approximate surface area is 124 Å². The predicted molar refractivity (Wildman–Crippen MR) is 79.9 cm³/mol. The fraction of sp³-hybridized carbons (Fsp3) is 0.375. The molecule has 0 saturated carbocycles. The third kappa shape index (κ3) is 6.12. The second-order valence-corrected chi connectivity index (χ2v) is 5.22. The summed E-state index contributed by atoms with van der Waals surface area (Å²) in [5.41, 5.74) is 1.18. The number of benzene rings is 1. The van der Waals surface area contributed by atoms with Crippen LogP contribution in [0.3, 0.4) is 0 Å². The van der Waals surface area contributed by atoms with E-state index in [-0.39, 0.29) is 12.0 Å². The van der Waals surface area contributed by atoms with Gasteiger partial charge in [-0.1, -0.05) is 44.2 Å². The minimum Gasteiger partial charge on any atom is -0.502 e. The lowest BCUT2D eigenvalue weighted by Crippen LogP contribution is -2.38. The van der Waals surface area contributed by atoms with Gasteiger partial charge in [0, 0.05) is 6.04 Å². The Balaban J connectivity index is 2.60. The van der Waals surface area contributed by atoms with Gasteiger partial charge in [-0.2, -0.15) is 0 Å². The van der Waals surface area contributed by atoms with Crippen molar-refractivity contribution in [2.45, 2.75) is 32.7 Å². The fourth-order valence-electron chi connectivity index (χ4n) is 1.95. The van der Waals surface area contributed by atoms with Crippen molar-refractivity contribution in [1.29, 1.82) is 0 Å². The molecule has 1 unspecified atom stereocenters. The Morgan fingerprint density at radius 1 is 1.19 bits per heavy atom. The van der Waals surface area contributed by atoms with E-state index in [1.807, 2.05) is 44.2 Å². The number of hydrogen-bond donors (Lipinski definition) is 3. The van der Waals surface area contributed by atoms with E-state index >= 15 is 0 Å². The highest BCUT2D eigenvalue weighted by molar-refractivity contribution is 5.96. The lowest BCUT2D eigenvalue weighted by molar-refractivity contribution is -0.136. The van der Waals surface area contributed by atoms with Crippen molar-refractivity contribution >= 4 is 11.9 Å². The molecule has 5 heteroatoms. The highest BCUT2D eigenvalue weighted by Crippen LogP contribution is 2.11. The van der Waals surface area contributed by atoms with Crippen LogP contribution >= 0.6 is 0 Å². The lowest BCUT2D eigenvalue weighted by Gasteiger charge is -2.21. The molecule has 0 bridgehead atoms. The summed E-state index contributed by atoms with van der Waals surface area (Å²) < 4.78 is 0. The van der Waals surface area contributed by atoms with E-state index in [1.54, 1.807) is 0 Å². The molecule has 0 aliphatic carbocycles. The average molecular weight is 291 g/mol. The first-order valence-corrected chi connectivity index (χ1v) is 6.88. The van der Waals surface area contributed by atoms with E-state index < -0.39 is 17.6 Å². The predicted octanol–water partition coefficient (Wildman–Crippen LogP) is 2.29. The van der Waals surface area contributed by atoms with Crippen LogP contribution < -0.4 is 5.32 Å². The van der Waals surface area contributed by atoms with Gasteiger partial charge in [0.1, 0.15) is 0 Å². The van der Waals surface area contributed by atoms with Gasteiger partial charge in [-0.3, -0.25) is 4.79 Å². The second kappa shape index (κ2) is 8.09. The van der Waals surface area contributed by atoms with Crippen LogP contribution in [0.1, 0.15) is 25.8 Å². The van der Waals surface area contributed by atoms with Crippen LogP contribution in [0, 0.1) is 5.92 Å². The summed E-state index contributed by atoms with van der Waals surface area (Å²) in [4.78, 5) is 22.1. The lowest BCUT2D eigenvalue weighted by atomic mass is 9.96. The van der Waals surface area contributed by atoms with Gasteiger partial charge in [0.15, 0.2) is 0 Å². The maximum Gasteiger partial charge on any atom is 0.371 e. The first kappa shape index (κ1) is 16.8. The highest BCUT2D eigenvalue weighted by atomic mass is 16.4. The monoisotopic (exact) mass is 291 g/mol. The molecule has 0 heterocycles. The van der Waals surface area contributed by atoms with Gasteiger partial charge in [-0.05, 0) is 24.3 Å². The summed E-state index contributed by atoms with van der Waals surface area (Å²) >= 11 is 0. The zero-order chi connectivity index (χ0) is 15.8. The number of aryl methyl sites for hydroxylation is 1. The van der Waals surface area contributed by atoms with E-state index in [1.165, 1.54) is 5.56 Å². The molecule has 0 aromatic heterocycles. The maximum atomic E-state index is 11.7. The van der Waals surface area contributed by atoms with E-state index in [9.17, 15) is 9.59 Å². The van der Waals surface area contributed by atoms with Crippen LogP contribution in [-0.2, 0) is 16.0 Å². The molecular weight excluding hydrogens is 270 g/mol. The van der Waals surface area contributed by atoms with Crippen LogP contribution in [0.2, 0.25) is 0 Å². The molecule has 1 amide bonds. The van der Waals surface area contributed by atoms with Gasteiger partial charge < -0.3 is 15.5 Å². The number of carboxylic acid groups (broad SMARTS) is 1. The van der Waals surface area contributed by atoms with Gasteiger partial charge in [0.2, 0.25) is 11.7 Å². The molecular formula is C16H21NO4. The standard InChI is InChI=1S/C16H21NO4/c1-11(2)13(9-8-12-6-4-3-5-7-12)17-15(19)10-14(18)16(20)21/h3-7,10-11,13,18H,8-9H2,1-2H3,(H,17,19)(H,20,21). The molecule has 1 aromatic rings. The molecule has 3 N–H and O–H groups in total. The van der Waals surface area contributed by atoms with Crippen LogP contribution in [0.5, 0.6) is 0 Å². The summed E-state index contributed by atoms with van der Waals surface area (Å²) in [6, 6.07) is 9.84. The van der Waals surface area contributed by atoms with E-state index in [4.69, 9.17) is 10.2 Å². The van der Waals surface area contributed by atoms with Crippen LogP contribution in [0.4, 0.5) is 0 Å². The van der Waals surface area contributed by atoms with Crippen LogP contribution in [-0.4, -0.2) is 28.1 Å². The van der Waals surface area contributed by atoms with E-state index in [2.05, 4.69) is 5.32 Å². The Morgan fingerprint density at radius 2 is 1.81 bits per heavy atom. The van der Waals surface area contributed by atoms with Crippen molar-refractivity contribution < 1.29 is 19.8 Å². The van der Waals surface area contributed by atoms with Gasteiger partial charge in [0.05, 0.1) is 6.08 Å². The van der Waals surface area contributed by atoms with Gasteiger partial charge >= 0.3 is 5.97 Å². The Hall–Kier alpha value is -2.30. The average Bonchev–Trinajstić information content (AvgIpc) is 2.44. The number of amides is 1. The van der Waals surface area contributed by atoms with Crippen molar-refractivity contribution in [3.8, 4) is 0 Å². The molecule has 1 rings (SSSR count). The van der Waals surface area contributed by atoms with Crippen molar-refractivity contribution in [1.82, 2.24) is 5.32 Å². The quantitative estimate of drug-likeness (QED) is 0.531. The number of carbonyl (C=O) groups is 2. The molecule has 0 saturated heterocycles. The number of aliphatic carboxylic acids is 1. The van der Waals surface area contributed by atoms with Crippen molar-refractivity contribution in [3.05, 3.63) is 47.7 Å². The van der Waals surface area contributed by atoms with Gasteiger partial charge in [0.25, 0.3) is 0 Å². The molecule has 0 aliphatic heterocycles. The Bertz CT molecular complexity index is 508. The fourth-order valence-corrected chi connectivity index (χ4v) is 1.95. The zero-order valence-electron chi connectivity index (χ0n) is 12.2. The Kier molecular flexibility index (Phi) is 6.46. The molecule has 1 aromatic carbocycles. The summed E-state index contributed by atoms with van der Waals surface area (Å²) in [6.45, 7) is 3.97. The third-order valence-electron chi connectivity index (χ3n) is 3.21. The highest BCUT2D eigenvalue weighted by Gasteiger charge is 2.16. The number of nitrogens with one attached hydrogen (secondary N) is 1. The first-order valence-electron chi connectivity index (χ1n) is 6.88. The molecule has 0 fully saturated rings. The maximum absolute atomic E-state index is 11.7. The number of carboxylic acids is 1. The molecule has 5 nitrogen and oxygen atoms in total. The number of hydrogen-bond acceptors (Lipinski definition) is 3. The molecule has 0 aliphatic rings. The van der Waals surface area contributed by atoms with E-state index in [0.29, 0.717) is 6.08 Å². The molecule has 0 spiro atoms. The minimum atomic E-state index is -1.52. The first-order chi connectivity index (χ1) is 9.90. The van der Waals surface area contributed by atoms with Gasteiger partial charge in [-0.15, -0.1) is 0 Å². The smallest absolute Gasteiger partial charge is 0.371 e. The van der Waals surface area contributed by atoms with E-state index in [0.717, 1.165) is 12.8 Å². The topological polar surface area (TPSA) is 86.6 Å². The van der Waals surface area contributed by atoms with Crippen molar-refractivity contribution in [2.75, 3.05) is 0 Å². The SMILES string of the molecule is CC(C)C(CCc1ccccc1)NC(=O)C=C(O)C(=O)O. The minimum absolute atomic E-state index is 0.0875.